The van der Waals surface area contributed by atoms with Crippen molar-refractivity contribution in [2.75, 3.05) is 19.7 Å². The zero-order valence-electron chi connectivity index (χ0n) is 22.2. The zero-order chi connectivity index (χ0) is 27.4. The number of aliphatic hydroxyl groups is 1. The molecule has 39 heavy (non-hydrogen) atoms. The van der Waals surface area contributed by atoms with Crippen LogP contribution in [0.3, 0.4) is 0 Å². The summed E-state index contributed by atoms with van der Waals surface area (Å²) in [5.41, 5.74) is 6.87. The number of nitrogens with zero attached hydrogens (tertiary/aromatic N) is 3. The third kappa shape index (κ3) is 6.06. The van der Waals surface area contributed by atoms with E-state index in [1.165, 1.54) is 0 Å². The Balaban J connectivity index is 1.34. The SMILES string of the molecule is Cc1c(COc2ccc(C=O)cc2Cl)cccc1-c1cccc(-c2noc(CN3CCC(CO)CC3)n2)c1C. The monoisotopic (exact) mass is 545 g/mol. The Kier molecular flexibility index (Phi) is 8.41. The molecule has 5 rings (SSSR count). The number of aromatic nitrogens is 2. The molecule has 2 heterocycles. The number of aliphatic hydroxyl groups excluding tert-OH is 1. The van der Waals surface area contributed by atoms with Crippen LogP contribution in [0.15, 0.2) is 59.1 Å². The molecular weight excluding hydrogens is 514 g/mol. The van der Waals surface area contributed by atoms with E-state index in [2.05, 4.69) is 36.0 Å². The Hall–Kier alpha value is -3.52. The van der Waals surface area contributed by atoms with Gasteiger partial charge in [0.25, 0.3) is 0 Å². The van der Waals surface area contributed by atoms with E-state index in [1.54, 1.807) is 18.2 Å². The number of piperidine rings is 1. The van der Waals surface area contributed by atoms with Gasteiger partial charge in [0.1, 0.15) is 18.6 Å². The van der Waals surface area contributed by atoms with Crippen LogP contribution in [0.5, 0.6) is 5.75 Å². The minimum atomic E-state index is 0.258. The summed E-state index contributed by atoms with van der Waals surface area (Å²) in [4.78, 5) is 18.0. The first-order valence-electron chi connectivity index (χ1n) is 13.2. The highest BCUT2D eigenvalue weighted by Crippen LogP contribution is 2.34. The molecule has 0 aliphatic carbocycles. The smallest absolute Gasteiger partial charge is 0.241 e. The zero-order valence-corrected chi connectivity index (χ0v) is 22.9. The van der Waals surface area contributed by atoms with E-state index in [0.717, 1.165) is 65.6 Å². The fourth-order valence-corrected chi connectivity index (χ4v) is 5.35. The summed E-state index contributed by atoms with van der Waals surface area (Å²) in [7, 11) is 0. The number of ether oxygens (including phenoxy) is 1. The maximum absolute atomic E-state index is 11.0. The molecular formula is C31H32ClN3O4. The van der Waals surface area contributed by atoms with E-state index in [4.69, 9.17) is 25.8 Å². The fourth-order valence-electron chi connectivity index (χ4n) is 5.11. The van der Waals surface area contributed by atoms with Crippen LogP contribution in [0.1, 0.15) is 45.8 Å². The number of hydrogen-bond acceptors (Lipinski definition) is 7. The van der Waals surface area contributed by atoms with Gasteiger partial charge < -0.3 is 14.4 Å². The minimum Gasteiger partial charge on any atom is -0.487 e. The first-order chi connectivity index (χ1) is 19.0. The Morgan fingerprint density at radius 3 is 2.49 bits per heavy atom. The van der Waals surface area contributed by atoms with Crippen molar-refractivity contribution in [2.24, 2.45) is 5.92 Å². The lowest BCUT2D eigenvalue weighted by Gasteiger charge is -2.29. The van der Waals surface area contributed by atoms with Crippen molar-refractivity contribution in [3.8, 4) is 28.3 Å². The number of aldehydes is 1. The molecule has 7 nitrogen and oxygen atoms in total. The number of benzene rings is 3. The standard InChI is InChI=1S/C31H32ClN3O4/c1-20-24(19-38-29-10-9-23(18-37)15-28(29)32)5-3-6-25(20)26-7-4-8-27(21(26)2)31-33-30(39-34-31)16-35-13-11-22(17-36)12-14-35/h3-10,15,18,22,36H,11-14,16-17,19H2,1-2H3. The van der Waals surface area contributed by atoms with Gasteiger partial charge in [0.2, 0.25) is 11.7 Å². The van der Waals surface area contributed by atoms with Gasteiger partial charge in [0.05, 0.1) is 11.6 Å². The van der Waals surface area contributed by atoms with E-state index in [9.17, 15) is 9.90 Å². The van der Waals surface area contributed by atoms with E-state index >= 15 is 0 Å². The molecule has 0 spiro atoms. The first-order valence-corrected chi connectivity index (χ1v) is 13.6. The van der Waals surface area contributed by atoms with Crippen LogP contribution in [-0.4, -0.2) is 46.1 Å². The highest BCUT2D eigenvalue weighted by atomic mass is 35.5. The molecule has 1 aliphatic heterocycles. The van der Waals surface area contributed by atoms with E-state index in [0.29, 0.717) is 47.1 Å². The Morgan fingerprint density at radius 2 is 1.77 bits per heavy atom. The normalized spacial score (nSPS) is 14.5. The first kappa shape index (κ1) is 27.1. The Labute approximate surface area is 233 Å². The van der Waals surface area contributed by atoms with Crippen LogP contribution in [0.25, 0.3) is 22.5 Å². The summed E-state index contributed by atoms with van der Waals surface area (Å²) in [5, 5.41) is 14.1. The van der Waals surface area contributed by atoms with Crippen molar-refractivity contribution < 1.29 is 19.2 Å². The highest BCUT2D eigenvalue weighted by molar-refractivity contribution is 6.32. The average Bonchev–Trinajstić information content (AvgIpc) is 3.42. The second-order valence-electron chi connectivity index (χ2n) is 10.1. The largest absolute Gasteiger partial charge is 0.487 e. The van der Waals surface area contributed by atoms with Crippen molar-refractivity contribution in [3.63, 3.8) is 0 Å². The summed E-state index contributed by atoms with van der Waals surface area (Å²) in [6.45, 7) is 7.24. The van der Waals surface area contributed by atoms with Crippen LogP contribution in [0.2, 0.25) is 5.02 Å². The van der Waals surface area contributed by atoms with E-state index in [-0.39, 0.29) is 6.61 Å². The summed E-state index contributed by atoms with van der Waals surface area (Å²) >= 11 is 6.29. The quantitative estimate of drug-likeness (QED) is 0.248. The van der Waals surface area contributed by atoms with E-state index < -0.39 is 0 Å². The molecule has 1 N–H and O–H groups in total. The molecule has 0 atom stereocenters. The maximum atomic E-state index is 11.0. The van der Waals surface area contributed by atoms with Crippen LogP contribution in [0.4, 0.5) is 0 Å². The lowest BCUT2D eigenvalue weighted by molar-refractivity contribution is 0.112. The summed E-state index contributed by atoms with van der Waals surface area (Å²) in [5.74, 6) is 2.12. The molecule has 3 aromatic carbocycles. The molecule has 1 fully saturated rings. The summed E-state index contributed by atoms with van der Waals surface area (Å²) in [6, 6.07) is 17.3. The Bertz CT molecular complexity index is 1460. The van der Waals surface area contributed by atoms with Crippen molar-refractivity contribution >= 4 is 17.9 Å². The van der Waals surface area contributed by atoms with Gasteiger partial charge in [-0.2, -0.15) is 4.98 Å². The second-order valence-corrected chi connectivity index (χ2v) is 10.5. The topological polar surface area (TPSA) is 88.7 Å². The summed E-state index contributed by atoms with van der Waals surface area (Å²) in [6.07, 6.45) is 2.74. The van der Waals surface area contributed by atoms with Crippen molar-refractivity contribution in [3.05, 3.63) is 87.8 Å². The average molecular weight is 546 g/mol. The van der Waals surface area contributed by atoms with Crippen molar-refractivity contribution in [1.29, 1.82) is 0 Å². The van der Waals surface area contributed by atoms with Gasteiger partial charge in [-0.3, -0.25) is 9.69 Å². The lowest BCUT2D eigenvalue weighted by Crippen LogP contribution is -2.34. The molecule has 0 radical (unpaired) electrons. The number of halogens is 1. The highest BCUT2D eigenvalue weighted by Gasteiger charge is 2.21. The molecule has 202 valence electrons. The molecule has 1 saturated heterocycles. The number of likely N-dealkylation sites (tertiary alicyclic amines) is 1. The Morgan fingerprint density at radius 1 is 1.05 bits per heavy atom. The van der Waals surface area contributed by atoms with Crippen LogP contribution in [-0.2, 0) is 13.2 Å². The van der Waals surface area contributed by atoms with Crippen LogP contribution < -0.4 is 4.74 Å². The lowest BCUT2D eigenvalue weighted by atomic mass is 9.91. The van der Waals surface area contributed by atoms with Gasteiger partial charge >= 0.3 is 0 Å². The van der Waals surface area contributed by atoms with Crippen LogP contribution in [0, 0.1) is 19.8 Å². The molecule has 1 aliphatic rings. The number of hydrogen-bond donors (Lipinski definition) is 1. The predicted molar refractivity (Wildman–Crippen MR) is 151 cm³/mol. The molecule has 1 aromatic heterocycles. The molecule has 8 heteroatoms. The number of rotatable bonds is 9. The molecule has 0 bridgehead atoms. The molecule has 0 saturated carbocycles. The molecule has 0 unspecified atom stereocenters. The van der Waals surface area contributed by atoms with E-state index in [1.807, 2.05) is 24.3 Å². The third-order valence-electron chi connectivity index (χ3n) is 7.58. The predicted octanol–water partition coefficient (Wildman–Crippen LogP) is 6.27. The molecule has 0 amide bonds. The fraction of sp³-hybridized carbons (Fsp3) is 0.323. The summed E-state index contributed by atoms with van der Waals surface area (Å²) < 4.78 is 11.6. The van der Waals surface area contributed by atoms with Gasteiger partial charge in [-0.25, -0.2) is 0 Å². The number of carbonyl (C=O) groups excluding carboxylic acids is 1. The molecule has 4 aromatic rings. The second kappa shape index (κ2) is 12.1. The van der Waals surface area contributed by atoms with Gasteiger partial charge in [-0.15, -0.1) is 0 Å². The van der Waals surface area contributed by atoms with Gasteiger partial charge in [0.15, 0.2) is 0 Å². The van der Waals surface area contributed by atoms with Gasteiger partial charge in [-0.05, 0) is 91.7 Å². The minimum absolute atomic E-state index is 0.258. The van der Waals surface area contributed by atoms with Gasteiger partial charge in [0, 0.05) is 17.7 Å². The number of carbonyl (C=O) groups is 1. The van der Waals surface area contributed by atoms with Gasteiger partial charge in [-0.1, -0.05) is 53.2 Å². The van der Waals surface area contributed by atoms with Crippen molar-refractivity contribution in [2.45, 2.75) is 39.8 Å². The third-order valence-corrected chi connectivity index (χ3v) is 7.87. The maximum Gasteiger partial charge on any atom is 0.241 e. The van der Waals surface area contributed by atoms with Crippen molar-refractivity contribution in [1.82, 2.24) is 15.0 Å². The van der Waals surface area contributed by atoms with Crippen LogP contribution >= 0.6 is 11.6 Å².